The maximum atomic E-state index is 12.4. The number of amides is 2. The highest BCUT2D eigenvalue weighted by Crippen LogP contribution is 2.32. The van der Waals surface area contributed by atoms with Crippen molar-refractivity contribution >= 4 is 23.2 Å². The summed E-state index contributed by atoms with van der Waals surface area (Å²) in [6.45, 7) is 3.74. The Hall–Kier alpha value is -4.41. The van der Waals surface area contributed by atoms with Crippen molar-refractivity contribution in [2.75, 3.05) is 19.0 Å². The van der Waals surface area contributed by atoms with Crippen LogP contribution >= 0.6 is 0 Å². The van der Waals surface area contributed by atoms with E-state index in [-0.39, 0.29) is 12.3 Å². The van der Waals surface area contributed by atoms with E-state index < -0.39 is 22.3 Å². The van der Waals surface area contributed by atoms with Crippen LogP contribution in [0.5, 0.6) is 11.5 Å². The van der Waals surface area contributed by atoms with Gasteiger partial charge in [-0.3, -0.25) is 19.7 Å². The van der Waals surface area contributed by atoms with E-state index in [2.05, 4.69) is 15.6 Å². The third-order valence-corrected chi connectivity index (χ3v) is 4.86. The summed E-state index contributed by atoms with van der Waals surface area (Å²) in [5.74, 6) is -0.227. The minimum absolute atomic E-state index is 0.0313. The number of nitrogens with zero attached hydrogens (tertiary/aromatic N) is 2. The SMILES string of the molecule is COc1cc(NC(=O)C(=O)NC(C)(C)CCOc2ccc([N+](=O)[O-])cc2)ccc1-c1cnco1. The summed E-state index contributed by atoms with van der Waals surface area (Å²) < 4.78 is 16.2. The third-order valence-electron chi connectivity index (χ3n) is 4.86. The predicted molar refractivity (Wildman–Crippen MR) is 123 cm³/mol. The van der Waals surface area contributed by atoms with E-state index in [0.717, 1.165) is 0 Å². The topological polar surface area (TPSA) is 146 Å². The molecule has 11 nitrogen and oxygen atoms in total. The molecule has 0 bridgehead atoms. The average molecular weight is 468 g/mol. The molecule has 0 saturated carbocycles. The van der Waals surface area contributed by atoms with Crippen molar-refractivity contribution in [3.8, 4) is 22.8 Å². The van der Waals surface area contributed by atoms with E-state index in [9.17, 15) is 19.7 Å². The molecule has 1 aromatic heterocycles. The molecule has 2 N–H and O–H groups in total. The molecule has 34 heavy (non-hydrogen) atoms. The Morgan fingerprint density at radius 1 is 1.15 bits per heavy atom. The first-order chi connectivity index (χ1) is 16.2. The summed E-state index contributed by atoms with van der Waals surface area (Å²) in [5.41, 5.74) is 0.246. The molecule has 3 rings (SSSR count). The van der Waals surface area contributed by atoms with Crippen LogP contribution in [0.25, 0.3) is 11.3 Å². The monoisotopic (exact) mass is 468 g/mol. The fraction of sp³-hybridized carbons (Fsp3) is 0.261. The molecule has 0 saturated heterocycles. The van der Waals surface area contributed by atoms with Crippen molar-refractivity contribution in [3.05, 3.63) is 65.2 Å². The number of methoxy groups -OCH3 is 1. The van der Waals surface area contributed by atoms with Crippen LogP contribution < -0.4 is 20.1 Å². The molecule has 0 unspecified atom stereocenters. The standard InChI is InChI=1S/C23H24N4O7/c1-23(2,10-11-33-17-7-5-16(6-8-17)27(30)31)26-22(29)21(28)25-15-4-9-18(19(12-15)32-3)20-13-24-14-34-20/h4-9,12-14H,10-11H2,1-3H3,(H,25,28)(H,26,29). The Balaban J connectivity index is 1.52. The second-order valence-corrected chi connectivity index (χ2v) is 7.92. The number of hydrogen-bond donors (Lipinski definition) is 2. The van der Waals surface area contributed by atoms with Gasteiger partial charge in [-0.15, -0.1) is 0 Å². The van der Waals surface area contributed by atoms with Gasteiger partial charge in [-0.05, 0) is 38.1 Å². The molecule has 0 aliphatic rings. The lowest BCUT2D eigenvalue weighted by Gasteiger charge is -2.26. The number of hydrogen-bond acceptors (Lipinski definition) is 8. The molecule has 178 valence electrons. The lowest BCUT2D eigenvalue weighted by atomic mass is 10.0. The lowest BCUT2D eigenvalue weighted by molar-refractivity contribution is -0.384. The zero-order chi connectivity index (χ0) is 24.7. The smallest absolute Gasteiger partial charge is 0.313 e. The summed E-state index contributed by atoms with van der Waals surface area (Å²) in [7, 11) is 1.48. The molecule has 0 atom stereocenters. The van der Waals surface area contributed by atoms with Gasteiger partial charge in [0.1, 0.15) is 11.5 Å². The zero-order valence-corrected chi connectivity index (χ0v) is 18.9. The van der Waals surface area contributed by atoms with E-state index in [0.29, 0.717) is 34.9 Å². The van der Waals surface area contributed by atoms with Gasteiger partial charge >= 0.3 is 11.8 Å². The second-order valence-electron chi connectivity index (χ2n) is 7.92. The summed E-state index contributed by atoms with van der Waals surface area (Å²) in [6.07, 6.45) is 3.23. The number of nitro groups is 1. The molecule has 1 heterocycles. The fourth-order valence-corrected chi connectivity index (χ4v) is 3.02. The molecule has 0 radical (unpaired) electrons. The van der Waals surface area contributed by atoms with Crippen molar-refractivity contribution in [3.63, 3.8) is 0 Å². The van der Waals surface area contributed by atoms with E-state index in [1.165, 1.54) is 44.0 Å². The zero-order valence-electron chi connectivity index (χ0n) is 18.9. The Labute approximate surface area is 195 Å². The molecular weight excluding hydrogens is 444 g/mol. The lowest BCUT2D eigenvalue weighted by Crippen LogP contribution is -2.48. The maximum Gasteiger partial charge on any atom is 0.313 e. The summed E-state index contributed by atoms with van der Waals surface area (Å²) in [4.78, 5) is 38.9. The number of non-ortho nitro benzene ring substituents is 1. The maximum absolute atomic E-state index is 12.4. The molecule has 0 aliphatic heterocycles. The van der Waals surface area contributed by atoms with Gasteiger partial charge in [-0.1, -0.05) is 0 Å². The van der Waals surface area contributed by atoms with Gasteiger partial charge in [0.25, 0.3) is 5.69 Å². The van der Waals surface area contributed by atoms with Crippen LogP contribution in [-0.4, -0.2) is 41.0 Å². The average Bonchev–Trinajstić information content (AvgIpc) is 3.33. The highest BCUT2D eigenvalue weighted by Gasteiger charge is 2.25. The van der Waals surface area contributed by atoms with Crippen molar-refractivity contribution in [1.29, 1.82) is 0 Å². The molecule has 11 heteroatoms. The number of rotatable bonds is 9. The van der Waals surface area contributed by atoms with E-state index in [1.807, 2.05) is 0 Å². The number of benzene rings is 2. The van der Waals surface area contributed by atoms with Gasteiger partial charge in [-0.2, -0.15) is 0 Å². The minimum atomic E-state index is -0.834. The summed E-state index contributed by atoms with van der Waals surface area (Å²) in [6, 6.07) is 10.6. The van der Waals surface area contributed by atoms with Crippen molar-refractivity contribution < 1.29 is 28.4 Å². The Morgan fingerprint density at radius 2 is 1.88 bits per heavy atom. The van der Waals surface area contributed by atoms with Crippen LogP contribution in [0.15, 0.2) is 59.5 Å². The van der Waals surface area contributed by atoms with Gasteiger partial charge in [0, 0.05) is 35.8 Å². The summed E-state index contributed by atoms with van der Waals surface area (Å²) >= 11 is 0. The number of aromatic nitrogens is 1. The van der Waals surface area contributed by atoms with Crippen molar-refractivity contribution in [2.45, 2.75) is 25.8 Å². The van der Waals surface area contributed by atoms with E-state index in [4.69, 9.17) is 13.9 Å². The Morgan fingerprint density at radius 3 is 2.50 bits per heavy atom. The first-order valence-corrected chi connectivity index (χ1v) is 10.3. The first-order valence-electron chi connectivity index (χ1n) is 10.3. The number of carbonyl (C=O) groups is 2. The highest BCUT2D eigenvalue weighted by molar-refractivity contribution is 6.39. The third kappa shape index (κ3) is 6.31. The molecular formula is C23H24N4O7. The number of nitrogens with one attached hydrogen (secondary N) is 2. The minimum Gasteiger partial charge on any atom is -0.496 e. The van der Waals surface area contributed by atoms with Crippen molar-refractivity contribution in [2.24, 2.45) is 0 Å². The van der Waals surface area contributed by atoms with E-state index in [1.54, 1.807) is 32.0 Å². The van der Waals surface area contributed by atoms with Crippen LogP contribution in [0.2, 0.25) is 0 Å². The molecule has 0 aliphatic carbocycles. The van der Waals surface area contributed by atoms with Gasteiger partial charge < -0.3 is 24.5 Å². The number of ether oxygens (including phenoxy) is 2. The summed E-state index contributed by atoms with van der Waals surface area (Å²) in [5, 5.41) is 15.9. The van der Waals surface area contributed by atoms with Crippen molar-refractivity contribution in [1.82, 2.24) is 10.3 Å². The number of anilines is 1. The van der Waals surface area contributed by atoms with Crippen LogP contribution in [0.1, 0.15) is 20.3 Å². The van der Waals surface area contributed by atoms with Gasteiger partial charge in [0.05, 0.1) is 30.4 Å². The molecule has 3 aromatic rings. The van der Waals surface area contributed by atoms with Gasteiger partial charge in [0.15, 0.2) is 12.2 Å². The molecule has 0 fully saturated rings. The van der Waals surface area contributed by atoms with E-state index >= 15 is 0 Å². The number of oxazole rings is 1. The van der Waals surface area contributed by atoms with Crippen LogP contribution in [-0.2, 0) is 9.59 Å². The van der Waals surface area contributed by atoms with Gasteiger partial charge in [-0.25, -0.2) is 4.98 Å². The number of carbonyl (C=O) groups excluding carboxylic acids is 2. The largest absolute Gasteiger partial charge is 0.496 e. The molecule has 2 aromatic carbocycles. The van der Waals surface area contributed by atoms with Crippen LogP contribution in [0.4, 0.5) is 11.4 Å². The quantitative estimate of drug-likeness (QED) is 0.275. The second kappa shape index (κ2) is 10.5. The normalized spacial score (nSPS) is 10.9. The first kappa shape index (κ1) is 24.2. The fourth-order valence-electron chi connectivity index (χ4n) is 3.02. The van der Waals surface area contributed by atoms with Gasteiger partial charge in [0.2, 0.25) is 0 Å². The van der Waals surface area contributed by atoms with Crippen LogP contribution in [0, 0.1) is 10.1 Å². The molecule has 0 spiro atoms. The van der Waals surface area contributed by atoms with Crippen LogP contribution in [0.3, 0.4) is 0 Å². The highest BCUT2D eigenvalue weighted by atomic mass is 16.6. The Bertz CT molecular complexity index is 1160. The predicted octanol–water partition coefficient (Wildman–Crippen LogP) is 3.56. The Kier molecular flexibility index (Phi) is 7.46. The molecule has 2 amide bonds. The number of nitro benzene ring substituents is 1.